The number of halogens is 1. The van der Waals surface area contributed by atoms with Crippen LogP contribution in [0.1, 0.15) is 17.5 Å². The lowest BCUT2D eigenvalue weighted by atomic mass is 10.2. The molecule has 1 aliphatic heterocycles. The number of benzene rings is 2. The number of aromatic nitrogens is 1. The molecule has 0 radical (unpaired) electrons. The molecule has 7 nitrogen and oxygen atoms in total. The second-order valence-electron chi connectivity index (χ2n) is 7.68. The van der Waals surface area contributed by atoms with Crippen molar-refractivity contribution in [3.63, 3.8) is 0 Å². The third kappa shape index (κ3) is 5.68. The summed E-state index contributed by atoms with van der Waals surface area (Å²) in [6, 6.07) is 13.8. The lowest BCUT2D eigenvalue weighted by Gasteiger charge is -2.23. The zero-order valence-electron chi connectivity index (χ0n) is 18.2. The number of methoxy groups -OCH3 is 1. The van der Waals surface area contributed by atoms with Gasteiger partial charge in [-0.3, -0.25) is 4.98 Å². The van der Waals surface area contributed by atoms with E-state index >= 15 is 0 Å². The average molecular weight is 473 g/mol. The summed E-state index contributed by atoms with van der Waals surface area (Å²) in [5.41, 5.74) is 1.41. The fourth-order valence-corrected chi connectivity index (χ4v) is 5.04. The molecule has 0 N–H and O–H groups in total. The topological polar surface area (TPSA) is 78.0 Å². The number of pyridine rings is 1. The molecule has 1 aromatic heterocycles. The first-order valence-corrected chi connectivity index (χ1v) is 12.0. The van der Waals surface area contributed by atoms with Gasteiger partial charge in [0.1, 0.15) is 11.9 Å². The van der Waals surface area contributed by atoms with E-state index in [4.69, 9.17) is 14.2 Å². The Hall–Kier alpha value is -3.01. The van der Waals surface area contributed by atoms with Crippen LogP contribution in [0.25, 0.3) is 0 Å². The van der Waals surface area contributed by atoms with Gasteiger partial charge in [-0.1, -0.05) is 18.2 Å². The van der Waals surface area contributed by atoms with Crippen molar-refractivity contribution >= 4 is 10.0 Å². The minimum atomic E-state index is -3.99. The van der Waals surface area contributed by atoms with E-state index in [-0.39, 0.29) is 24.1 Å². The van der Waals surface area contributed by atoms with E-state index < -0.39 is 15.8 Å². The largest absolute Gasteiger partial charge is 0.493 e. The second-order valence-corrected chi connectivity index (χ2v) is 9.62. The van der Waals surface area contributed by atoms with E-state index in [0.717, 1.165) is 12.5 Å². The van der Waals surface area contributed by atoms with Crippen LogP contribution in [0.5, 0.6) is 11.5 Å². The summed E-state index contributed by atoms with van der Waals surface area (Å²) in [5, 5.41) is 0. The molecule has 1 aliphatic rings. The molecular formula is C24H25FN2O5S. The minimum Gasteiger partial charge on any atom is -0.493 e. The third-order valence-electron chi connectivity index (χ3n) is 5.28. The number of hydrogen-bond donors (Lipinski definition) is 0. The molecule has 0 aliphatic carbocycles. The Labute approximate surface area is 192 Å². The van der Waals surface area contributed by atoms with Crippen LogP contribution in [0.2, 0.25) is 0 Å². The fraction of sp³-hybridized carbons (Fsp3) is 0.292. The van der Waals surface area contributed by atoms with E-state index in [1.807, 2.05) is 0 Å². The first-order valence-electron chi connectivity index (χ1n) is 10.5. The number of nitrogens with zero attached hydrogens (tertiary/aromatic N) is 2. The predicted molar refractivity (Wildman–Crippen MR) is 120 cm³/mol. The van der Waals surface area contributed by atoms with Gasteiger partial charge in [-0.05, 0) is 47.5 Å². The molecule has 9 heteroatoms. The molecule has 0 saturated carbocycles. The molecule has 174 valence electrons. The maximum Gasteiger partial charge on any atom is 0.243 e. The zero-order valence-corrected chi connectivity index (χ0v) is 19.0. The molecule has 0 bridgehead atoms. The zero-order chi connectivity index (χ0) is 23.3. The summed E-state index contributed by atoms with van der Waals surface area (Å²) in [5.74, 6) is 0.462. The summed E-state index contributed by atoms with van der Waals surface area (Å²) in [6.45, 7) is 1.31. The molecule has 0 amide bonds. The smallest absolute Gasteiger partial charge is 0.243 e. The van der Waals surface area contributed by atoms with E-state index in [1.54, 1.807) is 42.7 Å². The third-order valence-corrected chi connectivity index (χ3v) is 7.07. The molecule has 1 atom stereocenters. The van der Waals surface area contributed by atoms with Gasteiger partial charge in [0.15, 0.2) is 11.5 Å². The van der Waals surface area contributed by atoms with Gasteiger partial charge >= 0.3 is 0 Å². The maximum atomic E-state index is 13.8. The molecular weight excluding hydrogens is 447 g/mol. The normalized spacial score (nSPS) is 16.2. The number of ether oxygens (including phenoxy) is 3. The standard InChI is InChI=1S/C24H25FN2O5S/c1-30-24-12-18(7-8-23(24)32-21-9-11-31-17-21)15-27(16-19-4-3-10-26-14-19)33(28,29)22-6-2-5-20(25)13-22/h2-8,10,12-14,21H,9,11,15-17H2,1H3/t21-/m0/s1. The van der Waals surface area contributed by atoms with Crippen LogP contribution in [0.3, 0.4) is 0 Å². The minimum absolute atomic E-state index is 0.0415. The number of hydrogen-bond acceptors (Lipinski definition) is 6. The molecule has 0 spiro atoms. The lowest BCUT2D eigenvalue weighted by Crippen LogP contribution is -2.30. The van der Waals surface area contributed by atoms with E-state index in [2.05, 4.69) is 4.98 Å². The van der Waals surface area contributed by atoms with E-state index in [9.17, 15) is 12.8 Å². The highest BCUT2D eigenvalue weighted by Crippen LogP contribution is 2.31. The van der Waals surface area contributed by atoms with Crippen LogP contribution >= 0.6 is 0 Å². The Morgan fingerprint density at radius 1 is 1.09 bits per heavy atom. The molecule has 1 fully saturated rings. The molecule has 2 heterocycles. The van der Waals surface area contributed by atoms with Gasteiger partial charge in [-0.25, -0.2) is 12.8 Å². The van der Waals surface area contributed by atoms with Crippen LogP contribution in [0.4, 0.5) is 4.39 Å². The van der Waals surface area contributed by atoms with Gasteiger partial charge in [0.2, 0.25) is 10.0 Å². The number of rotatable bonds is 9. The van der Waals surface area contributed by atoms with Crippen molar-refractivity contribution < 1.29 is 27.0 Å². The van der Waals surface area contributed by atoms with Crippen molar-refractivity contribution in [1.82, 2.24) is 9.29 Å². The number of sulfonamides is 1. The monoisotopic (exact) mass is 472 g/mol. The highest BCUT2D eigenvalue weighted by Gasteiger charge is 2.26. The Morgan fingerprint density at radius 2 is 1.94 bits per heavy atom. The summed E-state index contributed by atoms with van der Waals surface area (Å²) >= 11 is 0. The van der Waals surface area contributed by atoms with Crippen molar-refractivity contribution in [1.29, 1.82) is 0 Å². The quantitative estimate of drug-likeness (QED) is 0.472. The first kappa shape index (κ1) is 23.2. The first-order chi connectivity index (χ1) is 16.0. The highest BCUT2D eigenvalue weighted by molar-refractivity contribution is 7.89. The fourth-order valence-electron chi connectivity index (χ4n) is 3.59. The van der Waals surface area contributed by atoms with Crippen LogP contribution < -0.4 is 9.47 Å². The van der Waals surface area contributed by atoms with Crippen molar-refractivity contribution in [3.8, 4) is 11.5 Å². The molecule has 3 aromatic rings. The van der Waals surface area contributed by atoms with Crippen molar-refractivity contribution in [2.45, 2.75) is 30.5 Å². The average Bonchev–Trinajstić information content (AvgIpc) is 3.33. The Kier molecular flexibility index (Phi) is 7.22. The molecule has 2 aromatic carbocycles. The molecule has 0 unspecified atom stereocenters. The Morgan fingerprint density at radius 3 is 2.64 bits per heavy atom. The summed E-state index contributed by atoms with van der Waals surface area (Å²) < 4.78 is 58.7. The van der Waals surface area contributed by atoms with Gasteiger partial charge in [0.25, 0.3) is 0 Å². The molecule has 1 saturated heterocycles. The van der Waals surface area contributed by atoms with Gasteiger partial charge in [0, 0.05) is 31.9 Å². The van der Waals surface area contributed by atoms with E-state index in [1.165, 1.54) is 29.6 Å². The predicted octanol–water partition coefficient (Wildman–Crippen LogP) is 3.79. The SMILES string of the molecule is COc1cc(CN(Cc2cccnc2)S(=O)(=O)c2cccc(F)c2)ccc1O[C@H]1CCOC1. The van der Waals surface area contributed by atoms with Gasteiger partial charge in [0.05, 0.1) is 25.2 Å². The lowest BCUT2D eigenvalue weighted by molar-refractivity contribution is 0.138. The summed E-state index contributed by atoms with van der Waals surface area (Å²) in [4.78, 5) is 3.96. The maximum absolute atomic E-state index is 13.8. The second kappa shape index (κ2) is 10.3. The van der Waals surface area contributed by atoms with Gasteiger partial charge in [-0.15, -0.1) is 0 Å². The molecule has 4 rings (SSSR count). The van der Waals surface area contributed by atoms with Crippen LogP contribution in [0, 0.1) is 5.82 Å². The van der Waals surface area contributed by atoms with E-state index in [0.29, 0.717) is 35.8 Å². The van der Waals surface area contributed by atoms with Gasteiger partial charge < -0.3 is 14.2 Å². The van der Waals surface area contributed by atoms with Gasteiger partial charge in [-0.2, -0.15) is 4.31 Å². The Bertz CT molecular complexity index is 1180. The van der Waals surface area contributed by atoms with Crippen LogP contribution in [-0.2, 0) is 27.8 Å². The van der Waals surface area contributed by atoms with Crippen LogP contribution in [-0.4, -0.2) is 44.1 Å². The van der Waals surface area contributed by atoms with Crippen molar-refractivity contribution in [3.05, 3.63) is 83.9 Å². The highest BCUT2D eigenvalue weighted by atomic mass is 32.2. The molecule has 33 heavy (non-hydrogen) atoms. The summed E-state index contributed by atoms with van der Waals surface area (Å²) in [6.07, 6.45) is 3.99. The van der Waals surface area contributed by atoms with Crippen molar-refractivity contribution in [2.24, 2.45) is 0 Å². The summed E-state index contributed by atoms with van der Waals surface area (Å²) in [7, 11) is -2.46. The van der Waals surface area contributed by atoms with Crippen molar-refractivity contribution in [2.75, 3.05) is 20.3 Å². The van der Waals surface area contributed by atoms with Crippen LogP contribution in [0.15, 0.2) is 71.9 Å². The Balaban J connectivity index is 1.63.